The third-order valence-corrected chi connectivity index (χ3v) is 6.64. The number of amides is 1. The molecule has 0 aliphatic heterocycles. The second kappa shape index (κ2) is 8.73. The monoisotopic (exact) mass is 491 g/mol. The van der Waals surface area contributed by atoms with Gasteiger partial charge in [-0.05, 0) is 37.3 Å². The Labute approximate surface area is 183 Å². The zero-order valence-corrected chi connectivity index (χ0v) is 17.9. The summed E-state index contributed by atoms with van der Waals surface area (Å²) in [7, 11) is -5.17. The molecule has 7 nitrogen and oxygen atoms in total. The predicted molar refractivity (Wildman–Crippen MR) is 110 cm³/mol. The minimum atomic E-state index is -5.17. The van der Waals surface area contributed by atoms with Crippen LogP contribution in [0, 0.1) is 17.5 Å². The first-order chi connectivity index (χ1) is 14.5. The number of nitrogens with zero attached hydrogens (tertiary/aromatic N) is 2. The molecular weight excluding hydrogens is 479 g/mol. The van der Waals surface area contributed by atoms with E-state index in [1.807, 2.05) is 0 Å². The van der Waals surface area contributed by atoms with E-state index in [9.17, 15) is 31.5 Å². The number of hydrogen-bond donors (Lipinski definition) is 2. The van der Waals surface area contributed by atoms with E-state index in [-0.39, 0.29) is 20.6 Å². The van der Waals surface area contributed by atoms with Crippen LogP contribution < -0.4 is 9.62 Å². The lowest BCUT2D eigenvalue weighted by Gasteiger charge is -2.20. The van der Waals surface area contributed by atoms with Crippen molar-refractivity contribution in [1.82, 2.24) is 4.98 Å². The van der Waals surface area contributed by atoms with Gasteiger partial charge in [0.2, 0.25) is 0 Å². The Morgan fingerprint density at radius 3 is 2.39 bits per heavy atom. The summed E-state index contributed by atoms with van der Waals surface area (Å²) in [6.45, 7) is 1.50. The zero-order valence-electron chi connectivity index (χ0n) is 15.5. The molecule has 164 valence electrons. The second-order valence-electron chi connectivity index (χ2n) is 6.20. The van der Waals surface area contributed by atoms with Crippen molar-refractivity contribution in [2.45, 2.75) is 17.9 Å². The summed E-state index contributed by atoms with van der Waals surface area (Å²) in [6, 6.07) is 4.34. The van der Waals surface area contributed by atoms with Crippen molar-refractivity contribution in [2.75, 3.05) is 9.62 Å². The summed E-state index contributed by atoms with van der Waals surface area (Å²) in [5, 5.41) is 13.3. The van der Waals surface area contributed by atoms with Gasteiger partial charge in [-0.1, -0.05) is 11.6 Å². The van der Waals surface area contributed by atoms with Crippen molar-refractivity contribution >= 4 is 50.6 Å². The van der Waals surface area contributed by atoms with Crippen LogP contribution in [0.25, 0.3) is 0 Å². The number of aromatic nitrogens is 1. The summed E-state index contributed by atoms with van der Waals surface area (Å²) < 4.78 is 68.5. The maximum atomic E-state index is 14.7. The number of halogens is 4. The van der Waals surface area contributed by atoms with Gasteiger partial charge in [-0.3, -0.25) is 0 Å². The standard InChI is InChI=1S/C18H13ClF3N3O4S2/c1-9(12-4-10(19)2-3-13(12)20)24-11-5-14(21)17(15(22)6-11)31(28,29)25(18(26)27)16-7-30-8-23-16/h2-9,24H,1H3,(H,26,27). The number of nitrogens with one attached hydrogen (secondary N) is 1. The normalized spacial score (nSPS) is 12.4. The first-order valence-corrected chi connectivity index (χ1v) is 11.2. The van der Waals surface area contributed by atoms with E-state index in [1.54, 1.807) is 0 Å². The third-order valence-electron chi connectivity index (χ3n) is 4.11. The molecule has 1 atom stereocenters. The van der Waals surface area contributed by atoms with Gasteiger partial charge in [0.05, 0.1) is 11.6 Å². The Morgan fingerprint density at radius 1 is 1.19 bits per heavy atom. The van der Waals surface area contributed by atoms with Gasteiger partial charge in [-0.2, -0.15) is 0 Å². The fourth-order valence-corrected chi connectivity index (χ4v) is 4.90. The van der Waals surface area contributed by atoms with Crippen LogP contribution in [0.2, 0.25) is 5.02 Å². The molecule has 0 saturated carbocycles. The second-order valence-corrected chi connectivity index (χ2v) is 9.08. The summed E-state index contributed by atoms with van der Waals surface area (Å²) in [5.41, 5.74) is 1.08. The quantitative estimate of drug-likeness (QED) is 0.488. The fourth-order valence-electron chi connectivity index (χ4n) is 2.79. The average Bonchev–Trinajstić information content (AvgIpc) is 3.16. The van der Waals surface area contributed by atoms with Crippen LogP contribution in [0.1, 0.15) is 18.5 Å². The molecule has 0 aliphatic rings. The van der Waals surface area contributed by atoms with Crippen molar-refractivity contribution in [2.24, 2.45) is 0 Å². The molecule has 0 radical (unpaired) electrons. The van der Waals surface area contributed by atoms with E-state index >= 15 is 0 Å². The SMILES string of the molecule is CC(Nc1cc(F)c(S(=O)(=O)N(C(=O)O)c2cscn2)c(F)c1)c1cc(Cl)ccc1F. The fraction of sp³-hybridized carbons (Fsp3) is 0.111. The molecule has 2 N–H and O–H groups in total. The highest BCUT2D eigenvalue weighted by molar-refractivity contribution is 7.93. The lowest BCUT2D eigenvalue weighted by Crippen LogP contribution is -2.37. The number of hydrogen-bond acceptors (Lipinski definition) is 6. The summed E-state index contributed by atoms with van der Waals surface area (Å²) in [6.07, 6.45) is -1.99. The van der Waals surface area contributed by atoms with Crippen LogP contribution in [-0.2, 0) is 10.0 Å². The molecule has 0 aliphatic carbocycles. The van der Waals surface area contributed by atoms with Gasteiger partial charge in [0, 0.05) is 21.7 Å². The Kier molecular flexibility index (Phi) is 6.43. The first kappa shape index (κ1) is 22.8. The van der Waals surface area contributed by atoms with Crippen LogP contribution in [-0.4, -0.2) is 24.6 Å². The number of rotatable bonds is 6. The van der Waals surface area contributed by atoms with Crippen LogP contribution in [0.3, 0.4) is 0 Å². The number of sulfonamides is 1. The molecule has 0 bridgehead atoms. The van der Waals surface area contributed by atoms with Gasteiger partial charge < -0.3 is 10.4 Å². The zero-order chi connectivity index (χ0) is 22.9. The van der Waals surface area contributed by atoms with E-state index in [0.717, 1.165) is 28.3 Å². The lowest BCUT2D eigenvalue weighted by atomic mass is 10.1. The smallest absolute Gasteiger partial charge is 0.427 e. The third kappa shape index (κ3) is 4.60. The minimum Gasteiger partial charge on any atom is -0.464 e. The molecule has 0 fully saturated rings. The van der Waals surface area contributed by atoms with Gasteiger partial charge in [0.25, 0.3) is 10.0 Å². The van der Waals surface area contributed by atoms with Crippen molar-refractivity contribution in [3.05, 3.63) is 69.3 Å². The molecule has 2 aromatic carbocycles. The van der Waals surface area contributed by atoms with Crippen LogP contribution in [0.4, 0.5) is 29.5 Å². The van der Waals surface area contributed by atoms with Gasteiger partial charge in [0.1, 0.15) is 17.5 Å². The molecular formula is C18H13ClF3N3O4S2. The highest BCUT2D eigenvalue weighted by Crippen LogP contribution is 2.31. The molecule has 1 amide bonds. The molecule has 13 heteroatoms. The molecule has 3 aromatic rings. The molecule has 3 rings (SSSR count). The van der Waals surface area contributed by atoms with E-state index in [1.165, 1.54) is 19.1 Å². The van der Waals surface area contributed by atoms with Crippen LogP contribution in [0.5, 0.6) is 0 Å². The Balaban J connectivity index is 1.98. The molecule has 1 aromatic heterocycles. The highest BCUT2D eigenvalue weighted by atomic mass is 35.5. The van der Waals surface area contributed by atoms with E-state index in [4.69, 9.17) is 11.6 Å². The Morgan fingerprint density at radius 2 is 1.84 bits per heavy atom. The van der Waals surface area contributed by atoms with E-state index in [2.05, 4.69) is 10.3 Å². The minimum absolute atomic E-state index is 0.116. The molecule has 1 heterocycles. The summed E-state index contributed by atoms with van der Waals surface area (Å²) in [4.78, 5) is 13.6. The van der Waals surface area contributed by atoms with Crippen molar-refractivity contribution in [3.8, 4) is 0 Å². The van der Waals surface area contributed by atoms with Crippen molar-refractivity contribution in [3.63, 3.8) is 0 Å². The van der Waals surface area contributed by atoms with E-state index in [0.29, 0.717) is 12.1 Å². The molecule has 0 spiro atoms. The van der Waals surface area contributed by atoms with Crippen molar-refractivity contribution < 1.29 is 31.5 Å². The number of thiazole rings is 1. The Bertz CT molecular complexity index is 1220. The number of benzene rings is 2. The average molecular weight is 492 g/mol. The summed E-state index contributed by atoms with van der Waals surface area (Å²) in [5.74, 6) is -4.21. The van der Waals surface area contributed by atoms with Crippen LogP contribution in [0.15, 0.2) is 46.1 Å². The predicted octanol–water partition coefficient (Wildman–Crippen LogP) is 5.26. The molecule has 1 unspecified atom stereocenters. The highest BCUT2D eigenvalue weighted by Gasteiger charge is 2.37. The maximum absolute atomic E-state index is 14.7. The number of carboxylic acid groups (broad SMARTS) is 1. The van der Waals surface area contributed by atoms with Gasteiger partial charge >= 0.3 is 6.09 Å². The largest absolute Gasteiger partial charge is 0.464 e. The van der Waals surface area contributed by atoms with E-state index < -0.39 is 50.3 Å². The van der Waals surface area contributed by atoms with Gasteiger partial charge in [0.15, 0.2) is 10.7 Å². The van der Waals surface area contributed by atoms with Gasteiger partial charge in [-0.15, -0.1) is 15.6 Å². The summed E-state index contributed by atoms with van der Waals surface area (Å²) >= 11 is 6.74. The number of carbonyl (C=O) groups is 1. The first-order valence-electron chi connectivity index (χ1n) is 8.39. The molecule has 31 heavy (non-hydrogen) atoms. The van der Waals surface area contributed by atoms with Crippen LogP contribution >= 0.6 is 22.9 Å². The number of anilines is 2. The van der Waals surface area contributed by atoms with Gasteiger partial charge in [-0.25, -0.2) is 31.4 Å². The van der Waals surface area contributed by atoms with Crippen molar-refractivity contribution in [1.29, 1.82) is 0 Å². The Hall–Kier alpha value is -2.83. The lowest BCUT2D eigenvalue weighted by molar-refractivity contribution is 0.206. The maximum Gasteiger partial charge on any atom is 0.427 e. The topological polar surface area (TPSA) is 99.6 Å². The molecule has 0 saturated heterocycles.